The highest BCUT2D eigenvalue weighted by molar-refractivity contribution is 9.10. The van der Waals surface area contributed by atoms with Gasteiger partial charge in [-0.1, -0.05) is 33.2 Å². The van der Waals surface area contributed by atoms with Crippen LogP contribution in [-0.4, -0.2) is 5.16 Å². The lowest BCUT2D eigenvalue weighted by Crippen LogP contribution is -1.88. The fourth-order valence-corrected chi connectivity index (χ4v) is 4.31. The molecule has 3 aromatic rings. The Bertz CT molecular complexity index is 783. The average molecular weight is 361 g/mol. The fourth-order valence-electron chi connectivity index (χ4n) is 2.81. The Kier molecular flexibility index (Phi) is 3.12. The predicted octanol–water partition coefficient (Wildman–Crippen LogP) is 4.90. The summed E-state index contributed by atoms with van der Waals surface area (Å²) in [4.78, 5) is 2.60. The number of thiophene rings is 1. The lowest BCUT2D eigenvalue weighted by atomic mass is 10.0. The molecule has 0 saturated carbocycles. The number of hydrogen-bond acceptors (Lipinski definition) is 4. The van der Waals surface area contributed by atoms with Gasteiger partial charge < -0.3 is 10.3 Å². The van der Waals surface area contributed by atoms with Crippen LogP contribution in [0.25, 0.3) is 21.8 Å². The molecule has 21 heavy (non-hydrogen) atoms. The Labute approximate surface area is 134 Å². The van der Waals surface area contributed by atoms with Gasteiger partial charge in [0.2, 0.25) is 0 Å². The van der Waals surface area contributed by atoms with Crippen LogP contribution in [0.5, 0.6) is 0 Å². The smallest absolute Gasteiger partial charge is 0.186 e. The molecular formula is C16H13BrN2OS. The molecular weight excluding hydrogens is 348 g/mol. The largest absolute Gasteiger partial charge is 0.380 e. The molecule has 2 heterocycles. The Hall–Kier alpha value is -1.59. The molecule has 0 aliphatic heterocycles. The molecule has 0 amide bonds. The minimum Gasteiger partial charge on any atom is -0.380 e. The van der Waals surface area contributed by atoms with E-state index in [-0.39, 0.29) is 0 Å². The zero-order chi connectivity index (χ0) is 14.4. The fraction of sp³-hybridized carbons (Fsp3) is 0.188. The molecule has 0 saturated heterocycles. The molecule has 1 aromatic carbocycles. The van der Waals surface area contributed by atoms with Crippen molar-refractivity contribution in [3.8, 4) is 21.8 Å². The highest BCUT2D eigenvalue weighted by Crippen LogP contribution is 2.42. The van der Waals surface area contributed by atoms with Gasteiger partial charge in [-0.25, -0.2) is 0 Å². The normalized spacial score (nSPS) is 13.6. The quantitative estimate of drug-likeness (QED) is 0.706. The Morgan fingerprint density at radius 3 is 2.76 bits per heavy atom. The van der Waals surface area contributed by atoms with Gasteiger partial charge in [-0.3, -0.25) is 0 Å². The molecule has 0 unspecified atom stereocenters. The van der Waals surface area contributed by atoms with Gasteiger partial charge in [-0.05, 0) is 48.6 Å². The van der Waals surface area contributed by atoms with E-state index in [4.69, 9.17) is 10.3 Å². The van der Waals surface area contributed by atoms with Crippen LogP contribution >= 0.6 is 27.3 Å². The van der Waals surface area contributed by atoms with Crippen molar-refractivity contribution in [2.45, 2.75) is 19.3 Å². The van der Waals surface area contributed by atoms with E-state index in [1.807, 2.05) is 24.3 Å². The molecule has 1 aliphatic carbocycles. The highest BCUT2D eigenvalue weighted by atomic mass is 79.9. The van der Waals surface area contributed by atoms with E-state index in [1.165, 1.54) is 29.7 Å². The summed E-state index contributed by atoms with van der Waals surface area (Å²) in [5, 5.41) is 3.97. The van der Waals surface area contributed by atoms with Gasteiger partial charge in [0, 0.05) is 9.35 Å². The number of rotatable bonds is 2. The third-order valence-corrected chi connectivity index (χ3v) is 5.59. The van der Waals surface area contributed by atoms with E-state index in [2.05, 4.69) is 27.2 Å². The van der Waals surface area contributed by atoms with Gasteiger partial charge in [0.1, 0.15) is 0 Å². The van der Waals surface area contributed by atoms with E-state index in [0.717, 1.165) is 26.2 Å². The first-order valence-electron chi connectivity index (χ1n) is 6.85. The maximum Gasteiger partial charge on any atom is 0.186 e. The summed E-state index contributed by atoms with van der Waals surface area (Å²) in [6.07, 6.45) is 3.61. The summed E-state index contributed by atoms with van der Waals surface area (Å²) >= 11 is 5.25. The van der Waals surface area contributed by atoms with Crippen LogP contribution in [0.4, 0.5) is 5.82 Å². The molecule has 4 rings (SSSR count). The van der Waals surface area contributed by atoms with E-state index >= 15 is 0 Å². The first-order valence-corrected chi connectivity index (χ1v) is 8.46. The maximum absolute atomic E-state index is 6.03. The number of halogens is 1. The number of fused-ring (bicyclic) bond motifs is 1. The second-order valence-electron chi connectivity index (χ2n) is 5.19. The summed E-state index contributed by atoms with van der Waals surface area (Å²) in [5.74, 6) is 1.23. The number of anilines is 1. The predicted molar refractivity (Wildman–Crippen MR) is 89.4 cm³/mol. The van der Waals surface area contributed by atoms with Crippen LogP contribution in [-0.2, 0) is 12.8 Å². The lowest BCUT2D eigenvalue weighted by Gasteiger charge is -2.01. The Morgan fingerprint density at radius 2 is 2.00 bits per heavy atom. The summed E-state index contributed by atoms with van der Waals surface area (Å²) in [5.41, 5.74) is 9.40. The number of nitrogens with two attached hydrogens (primary N) is 1. The molecule has 5 heteroatoms. The molecule has 106 valence electrons. The zero-order valence-electron chi connectivity index (χ0n) is 11.2. The van der Waals surface area contributed by atoms with Crippen molar-refractivity contribution in [1.29, 1.82) is 0 Å². The Balaban J connectivity index is 1.84. The number of nitrogen functional groups attached to an aromatic ring is 1. The van der Waals surface area contributed by atoms with E-state index in [0.29, 0.717) is 5.82 Å². The molecule has 2 N–H and O–H groups in total. The molecule has 0 bridgehead atoms. The van der Waals surface area contributed by atoms with Gasteiger partial charge in [0.05, 0.1) is 10.4 Å². The van der Waals surface area contributed by atoms with Crippen LogP contribution in [0.2, 0.25) is 0 Å². The van der Waals surface area contributed by atoms with E-state index in [9.17, 15) is 0 Å². The minimum absolute atomic E-state index is 0.445. The monoisotopic (exact) mass is 360 g/mol. The van der Waals surface area contributed by atoms with E-state index < -0.39 is 0 Å². The number of aromatic nitrogens is 1. The summed E-state index contributed by atoms with van der Waals surface area (Å²) in [6.45, 7) is 0. The first kappa shape index (κ1) is 13.1. The third kappa shape index (κ3) is 2.21. The van der Waals surface area contributed by atoms with Crippen LogP contribution in [0.1, 0.15) is 16.9 Å². The minimum atomic E-state index is 0.445. The van der Waals surface area contributed by atoms with Gasteiger partial charge >= 0.3 is 0 Å². The molecule has 3 nitrogen and oxygen atoms in total. The second kappa shape index (κ2) is 5.00. The van der Waals surface area contributed by atoms with Crippen molar-refractivity contribution < 1.29 is 4.52 Å². The zero-order valence-corrected chi connectivity index (χ0v) is 13.6. The van der Waals surface area contributed by atoms with Crippen molar-refractivity contribution in [2.24, 2.45) is 0 Å². The van der Waals surface area contributed by atoms with Crippen LogP contribution in [0.3, 0.4) is 0 Å². The summed E-state index contributed by atoms with van der Waals surface area (Å²) < 4.78 is 6.57. The molecule has 2 aromatic heterocycles. The first-order chi connectivity index (χ1) is 10.2. The maximum atomic E-state index is 6.03. The average Bonchev–Trinajstić information content (AvgIpc) is 3.13. The number of hydrogen-bond donors (Lipinski definition) is 1. The number of nitrogens with zero attached hydrogens (tertiary/aromatic N) is 1. The summed E-state index contributed by atoms with van der Waals surface area (Å²) in [6, 6.07) is 10.3. The van der Waals surface area contributed by atoms with Crippen LogP contribution in [0, 0.1) is 0 Å². The van der Waals surface area contributed by atoms with Gasteiger partial charge in [-0.15, -0.1) is 11.3 Å². The van der Waals surface area contributed by atoms with Crippen molar-refractivity contribution in [3.63, 3.8) is 0 Å². The molecule has 0 atom stereocenters. The van der Waals surface area contributed by atoms with Gasteiger partial charge in [0.15, 0.2) is 11.6 Å². The van der Waals surface area contributed by atoms with Crippen molar-refractivity contribution in [1.82, 2.24) is 5.16 Å². The third-order valence-electron chi connectivity index (χ3n) is 3.82. The van der Waals surface area contributed by atoms with Crippen molar-refractivity contribution in [3.05, 3.63) is 45.2 Å². The topological polar surface area (TPSA) is 52.0 Å². The van der Waals surface area contributed by atoms with Crippen molar-refractivity contribution >= 4 is 33.1 Å². The molecule has 0 spiro atoms. The standard InChI is InChI=1S/C16H13BrN2OS/c17-11-6-4-9(5-7-11)14-15(20-19-16(14)18)13-8-10-2-1-3-12(10)21-13/h4-8H,1-3H2,(H2,18,19). The molecule has 0 fully saturated rings. The molecule has 0 radical (unpaired) electrons. The summed E-state index contributed by atoms with van der Waals surface area (Å²) in [7, 11) is 0. The van der Waals surface area contributed by atoms with E-state index in [1.54, 1.807) is 11.3 Å². The van der Waals surface area contributed by atoms with Gasteiger partial charge in [-0.2, -0.15) is 0 Å². The van der Waals surface area contributed by atoms with Crippen LogP contribution < -0.4 is 5.73 Å². The Morgan fingerprint density at radius 1 is 1.19 bits per heavy atom. The second-order valence-corrected chi connectivity index (χ2v) is 7.24. The number of aryl methyl sites for hydroxylation is 2. The van der Waals surface area contributed by atoms with Crippen LogP contribution in [0.15, 0.2) is 39.3 Å². The highest BCUT2D eigenvalue weighted by Gasteiger charge is 2.22. The van der Waals surface area contributed by atoms with Gasteiger partial charge in [0.25, 0.3) is 0 Å². The molecule has 1 aliphatic rings. The lowest BCUT2D eigenvalue weighted by molar-refractivity contribution is 0.437. The van der Waals surface area contributed by atoms with Crippen molar-refractivity contribution in [2.75, 3.05) is 5.73 Å². The number of benzene rings is 1. The SMILES string of the molecule is Nc1noc(-c2cc3c(s2)CCC3)c1-c1ccc(Br)cc1.